The van der Waals surface area contributed by atoms with Gasteiger partial charge in [-0.1, -0.05) is 0 Å². The average molecular weight is 214 g/mol. The van der Waals surface area contributed by atoms with Crippen molar-refractivity contribution in [2.45, 2.75) is 19.1 Å². The van der Waals surface area contributed by atoms with Gasteiger partial charge in [0.15, 0.2) is 5.60 Å². The summed E-state index contributed by atoms with van der Waals surface area (Å²) in [5, 5.41) is 18.0. The first-order chi connectivity index (χ1) is 6.83. The Bertz CT molecular complexity index is 484. The Morgan fingerprint density at radius 1 is 1.60 bits per heavy atom. The third kappa shape index (κ3) is 2.53. The van der Waals surface area contributed by atoms with Crippen LogP contribution in [0.4, 0.5) is 0 Å². The van der Waals surface area contributed by atoms with E-state index in [0.717, 1.165) is 23.8 Å². The van der Waals surface area contributed by atoms with Gasteiger partial charge in [-0.3, -0.25) is 14.3 Å². The minimum absolute atomic E-state index is 0.433. The third-order valence-corrected chi connectivity index (χ3v) is 1.84. The largest absolute Gasteiger partial charge is 0.479 e. The lowest BCUT2D eigenvalue weighted by molar-refractivity contribution is -0.157. The predicted molar refractivity (Wildman–Crippen MR) is 49.6 cm³/mol. The average Bonchev–Trinajstić information content (AvgIpc) is 2.09. The zero-order valence-electron chi connectivity index (χ0n) is 7.93. The van der Waals surface area contributed by atoms with Crippen LogP contribution in [0.1, 0.15) is 6.92 Å². The third-order valence-electron chi connectivity index (χ3n) is 1.84. The molecule has 7 heteroatoms. The maximum absolute atomic E-state index is 11.1. The lowest BCUT2D eigenvalue weighted by Gasteiger charge is -2.18. The Balaban J connectivity index is 3.06. The molecule has 1 rings (SSSR count). The summed E-state index contributed by atoms with van der Waals surface area (Å²) >= 11 is 0. The number of aliphatic carboxylic acids is 1. The first kappa shape index (κ1) is 11.2. The van der Waals surface area contributed by atoms with Gasteiger partial charge in [0.2, 0.25) is 0 Å². The van der Waals surface area contributed by atoms with E-state index in [9.17, 15) is 19.5 Å². The SMILES string of the molecule is CC(O)(Cn1ccc(=O)[nH]c1=O)C(=O)O. The molecule has 0 amide bonds. The Hall–Kier alpha value is -1.89. The van der Waals surface area contributed by atoms with E-state index in [4.69, 9.17) is 5.11 Å². The maximum atomic E-state index is 11.1. The Kier molecular flexibility index (Phi) is 2.76. The molecule has 7 nitrogen and oxygen atoms in total. The summed E-state index contributed by atoms with van der Waals surface area (Å²) in [4.78, 5) is 34.4. The minimum Gasteiger partial charge on any atom is -0.479 e. The van der Waals surface area contributed by atoms with Gasteiger partial charge in [0, 0.05) is 12.3 Å². The van der Waals surface area contributed by atoms with Crippen LogP contribution in [0.2, 0.25) is 0 Å². The van der Waals surface area contributed by atoms with Crippen LogP contribution in [0, 0.1) is 0 Å². The van der Waals surface area contributed by atoms with Crippen molar-refractivity contribution in [2.24, 2.45) is 0 Å². The summed E-state index contributed by atoms with van der Waals surface area (Å²) in [5.74, 6) is -1.44. The number of hydrogen-bond donors (Lipinski definition) is 3. The van der Waals surface area contributed by atoms with E-state index in [-0.39, 0.29) is 0 Å². The van der Waals surface area contributed by atoms with E-state index in [0.29, 0.717) is 0 Å². The fourth-order valence-electron chi connectivity index (χ4n) is 0.968. The molecule has 0 bridgehead atoms. The standard InChI is InChI=1S/C8H10N2O5/c1-8(15,6(12)13)4-10-3-2-5(11)9-7(10)14/h2-3,15H,4H2,1H3,(H,12,13)(H,9,11,14). The van der Waals surface area contributed by atoms with Crippen LogP contribution in [-0.2, 0) is 11.3 Å². The van der Waals surface area contributed by atoms with Crippen LogP contribution >= 0.6 is 0 Å². The molecule has 1 aromatic heterocycles. The Morgan fingerprint density at radius 2 is 2.20 bits per heavy atom. The maximum Gasteiger partial charge on any atom is 0.337 e. The topological polar surface area (TPSA) is 112 Å². The fraction of sp³-hybridized carbons (Fsp3) is 0.375. The van der Waals surface area contributed by atoms with E-state index in [1.807, 2.05) is 4.98 Å². The van der Waals surface area contributed by atoms with Crippen LogP contribution in [0.5, 0.6) is 0 Å². The van der Waals surface area contributed by atoms with Crippen molar-refractivity contribution < 1.29 is 15.0 Å². The number of rotatable bonds is 3. The van der Waals surface area contributed by atoms with E-state index in [1.54, 1.807) is 0 Å². The summed E-state index contributed by atoms with van der Waals surface area (Å²) in [7, 11) is 0. The van der Waals surface area contributed by atoms with Crippen molar-refractivity contribution in [3.63, 3.8) is 0 Å². The molecule has 1 aromatic rings. The number of carboxylic acid groups (broad SMARTS) is 1. The number of hydrogen-bond acceptors (Lipinski definition) is 4. The molecular formula is C8H10N2O5. The minimum atomic E-state index is -2.05. The van der Waals surface area contributed by atoms with Crippen LogP contribution in [0.25, 0.3) is 0 Å². The number of carbonyl (C=O) groups is 1. The second-order valence-electron chi connectivity index (χ2n) is 3.32. The molecule has 1 unspecified atom stereocenters. The molecule has 15 heavy (non-hydrogen) atoms. The van der Waals surface area contributed by atoms with Crippen molar-refractivity contribution >= 4 is 5.97 Å². The molecule has 0 radical (unpaired) electrons. The van der Waals surface area contributed by atoms with Crippen LogP contribution in [0.15, 0.2) is 21.9 Å². The summed E-state index contributed by atoms with van der Waals surface area (Å²) in [6.45, 7) is 0.630. The number of aromatic amines is 1. The van der Waals surface area contributed by atoms with Gasteiger partial charge in [0.1, 0.15) is 0 Å². The predicted octanol–water partition coefficient (Wildman–Crippen LogP) is -1.63. The summed E-state index contributed by atoms with van der Waals surface area (Å²) < 4.78 is 0.912. The van der Waals surface area contributed by atoms with E-state index in [1.165, 1.54) is 0 Å². The molecule has 3 N–H and O–H groups in total. The molecule has 0 aliphatic carbocycles. The van der Waals surface area contributed by atoms with Gasteiger partial charge < -0.3 is 10.2 Å². The molecule has 0 aliphatic heterocycles. The van der Waals surface area contributed by atoms with Crippen molar-refractivity contribution in [3.8, 4) is 0 Å². The monoisotopic (exact) mass is 214 g/mol. The molecule has 82 valence electrons. The number of carboxylic acids is 1. The number of aromatic nitrogens is 2. The highest BCUT2D eigenvalue weighted by molar-refractivity contribution is 5.76. The molecule has 0 saturated carbocycles. The van der Waals surface area contributed by atoms with E-state index >= 15 is 0 Å². The van der Waals surface area contributed by atoms with Gasteiger partial charge >= 0.3 is 11.7 Å². The molecule has 0 fully saturated rings. The highest BCUT2D eigenvalue weighted by Gasteiger charge is 2.30. The van der Waals surface area contributed by atoms with Gasteiger partial charge in [-0.25, -0.2) is 9.59 Å². The zero-order valence-corrected chi connectivity index (χ0v) is 7.93. The number of nitrogens with zero attached hydrogens (tertiary/aromatic N) is 1. The Labute approximate surface area is 83.6 Å². The number of H-pyrrole nitrogens is 1. The smallest absolute Gasteiger partial charge is 0.337 e. The van der Waals surface area contributed by atoms with Gasteiger partial charge in [-0.05, 0) is 6.92 Å². The van der Waals surface area contributed by atoms with Crippen molar-refractivity contribution in [2.75, 3.05) is 0 Å². The molecule has 0 saturated heterocycles. The Morgan fingerprint density at radius 3 is 2.67 bits per heavy atom. The van der Waals surface area contributed by atoms with Gasteiger partial charge in [-0.2, -0.15) is 0 Å². The van der Waals surface area contributed by atoms with Crippen molar-refractivity contribution in [3.05, 3.63) is 33.1 Å². The highest BCUT2D eigenvalue weighted by Crippen LogP contribution is 2.04. The first-order valence-corrected chi connectivity index (χ1v) is 4.08. The molecular weight excluding hydrogens is 204 g/mol. The van der Waals surface area contributed by atoms with E-state index < -0.39 is 29.4 Å². The molecule has 1 heterocycles. The lowest BCUT2D eigenvalue weighted by Crippen LogP contribution is -2.43. The van der Waals surface area contributed by atoms with Crippen LogP contribution < -0.4 is 11.2 Å². The quantitative estimate of drug-likeness (QED) is 0.559. The zero-order chi connectivity index (χ0) is 11.6. The summed E-state index contributed by atoms with van der Waals surface area (Å²) in [6, 6.07) is 1.07. The van der Waals surface area contributed by atoms with Crippen molar-refractivity contribution in [1.82, 2.24) is 9.55 Å². The second kappa shape index (κ2) is 3.70. The van der Waals surface area contributed by atoms with Crippen molar-refractivity contribution in [1.29, 1.82) is 0 Å². The second-order valence-corrected chi connectivity index (χ2v) is 3.32. The molecule has 0 aromatic carbocycles. The van der Waals surface area contributed by atoms with Gasteiger partial charge in [-0.15, -0.1) is 0 Å². The first-order valence-electron chi connectivity index (χ1n) is 4.08. The van der Waals surface area contributed by atoms with Gasteiger partial charge in [0.25, 0.3) is 5.56 Å². The fourth-order valence-corrected chi connectivity index (χ4v) is 0.968. The van der Waals surface area contributed by atoms with Crippen LogP contribution in [0.3, 0.4) is 0 Å². The van der Waals surface area contributed by atoms with E-state index in [2.05, 4.69) is 0 Å². The highest BCUT2D eigenvalue weighted by atomic mass is 16.4. The number of aliphatic hydroxyl groups is 1. The van der Waals surface area contributed by atoms with Crippen LogP contribution in [-0.4, -0.2) is 31.3 Å². The normalized spacial score (nSPS) is 14.5. The van der Waals surface area contributed by atoms with Gasteiger partial charge in [0.05, 0.1) is 6.54 Å². The summed E-state index contributed by atoms with van der Waals surface area (Å²) in [6.07, 6.45) is 1.12. The lowest BCUT2D eigenvalue weighted by atomic mass is 10.1. The molecule has 0 spiro atoms. The number of nitrogens with one attached hydrogen (secondary N) is 1. The molecule has 0 aliphatic rings. The molecule has 1 atom stereocenters. The summed E-state index contributed by atoms with van der Waals surface area (Å²) in [5.41, 5.74) is -3.39.